The Hall–Kier alpha value is -2.02. The number of pyridine rings is 1. The van der Waals surface area contributed by atoms with Crippen LogP contribution >= 0.6 is 11.8 Å². The van der Waals surface area contributed by atoms with Gasteiger partial charge < -0.3 is 62.1 Å². The van der Waals surface area contributed by atoms with E-state index < -0.39 is 0 Å². The van der Waals surface area contributed by atoms with E-state index in [0.29, 0.717) is 0 Å². The van der Waals surface area contributed by atoms with Gasteiger partial charge in [0, 0.05) is 35.9 Å². The highest BCUT2D eigenvalue weighted by Crippen LogP contribution is 2.46. The first-order valence-electron chi connectivity index (χ1n) is 14.8. The van der Waals surface area contributed by atoms with Crippen LogP contribution in [0.3, 0.4) is 0 Å². The number of hydrogen-bond donors (Lipinski definition) is 0. The lowest BCUT2D eigenvalue weighted by Gasteiger charge is -2.30. The van der Waals surface area contributed by atoms with Crippen molar-refractivity contribution in [2.45, 2.75) is 31.6 Å². The van der Waals surface area contributed by atoms with E-state index in [9.17, 15) is 0 Å². The number of quaternary nitrogens is 1. The summed E-state index contributed by atoms with van der Waals surface area (Å²) in [7, 11) is 8.61. The van der Waals surface area contributed by atoms with Crippen molar-refractivity contribution in [2.75, 3.05) is 64.2 Å². The molecule has 0 spiro atoms. The molecule has 0 fully saturated rings. The van der Waals surface area contributed by atoms with Crippen molar-refractivity contribution < 1.29 is 61.7 Å². The van der Waals surface area contributed by atoms with E-state index in [-0.39, 0.29) is 48.0 Å². The fourth-order valence-corrected chi connectivity index (χ4v) is 7.00. The zero-order valence-electron chi connectivity index (χ0n) is 26.2. The molecule has 5 rings (SSSR count). The van der Waals surface area contributed by atoms with Crippen LogP contribution in [0.1, 0.15) is 32.3 Å². The molecule has 230 valence electrons. The van der Waals surface area contributed by atoms with Crippen molar-refractivity contribution in [1.82, 2.24) is 0 Å². The lowest BCUT2D eigenvalue weighted by molar-refractivity contribution is -0.890. The van der Waals surface area contributed by atoms with Crippen LogP contribution in [0, 0.1) is 0 Å². The van der Waals surface area contributed by atoms with Gasteiger partial charge in [-0.1, -0.05) is 49.0 Å². The van der Waals surface area contributed by atoms with Crippen molar-refractivity contribution in [3.05, 3.63) is 89.5 Å². The Balaban J connectivity index is 0.00000253. The quantitative estimate of drug-likeness (QED) is 0.130. The number of rotatable bonds is 11. The largest absolute Gasteiger partial charge is 1.00 e. The molecule has 0 N–H and O–H groups in total. The molecule has 5 nitrogen and oxygen atoms in total. The fourth-order valence-electron chi connectivity index (χ4n) is 5.89. The molecule has 0 radical (unpaired) electrons. The third kappa shape index (κ3) is 7.99. The highest BCUT2D eigenvalue weighted by atomic mass is 127. The SMILES string of the molecule is CCC[N+](C)(C)CCCN(CC)c1cc(C=C2Sc3ccccc3N2C)c2ccc(OC)cc2[n+]1-c1ccccc1.[I-].[I-]. The number of thioether (sulfide) groups is 1. The van der Waals surface area contributed by atoms with Gasteiger partial charge in [0.1, 0.15) is 17.0 Å². The van der Waals surface area contributed by atoms with E-state index in [1.165, 1.54) is 45.3 Å². The number of halogens is 2. The minimum atomic E-state index is 0. The molecule has 0 atom stereocenters. The molecule has 0 saturated carbocycles. The molecule has 0 unspecified atom stereocenters. The summed E-state index contributed by atoms with van der Waals surface area (Å²) in [5, 5.41) is 2.43. The predicted molar refractivity (Wildman–Crippen MR) is 175 cm³/mol. The van der Waals surface area contributed by atoms with Gasteiger partial charge in [0.15, 0.2) is 0 Å². The van der Waals surface area contributed by atoms with Crippen molar-refractivity contribution >= 4 is 40.2 Å². The van der Waals surface area contributed by atoms with Crippen LogP contribution in [-0.4, -0.2) is 58.9 Å². The zero-order chi connectivity index (χ0) is 29.0. The molecule has 0 bridgehead atoms. The summed E-state index contributed by atoms with van der Waals surface area (Å²) in [6.07, 6.45) is 4.70. The Morgan fingerprint density at radius 2 is 1.65 bits per heavy atom. The topological polar surface area (TPSA) is 19.6 Å². The number of benzene rings is 3. The molecule has 0 amide bonds. The van der Waals surface area contributed by atoms with Crippen molar-refractivity contribution in [3.8, 4) is 11.4 Å². The van der Waals surface area contributed by atoms with Gasteiger partial charge in [0.2, 0.25) is 0 Å². The average Bonchev–Trinajstić information content (AvgIpc) is 3.30. The molecule has 1 aromatic heterocycles. The molecule has 0 aliphatic carbocycles. The smallest absolute Gasteiger partial charge is 0.282 e. The van der Waals surface area contributed by atoms with Crippen molar-refractivity contribution in [1.29, 1.82) is 0 Å². The number of aromatic nitrogens is 1. The summed E-state index contributed by atoms with van der Waals surface area (Å²) in [6, 6.07) is 28.2. The highest BCUT2D eigenvalue weighted by molar-refractivity contribution is 8.03. The van der Waals surface area contributed by atoms with Gasteiger partial charge in [-0.05, 0) is 61.4 Å². The summed E-state index contributed by atoms with van der Waals surface area (Å²) in [5.41, 5.74) is 4.77. The second-order valence-corrected chi connectivity index (χ2v) is 12.5. The Bertz CT molecular complexity index is 1540. The van der Waals surface area contributed by atoms with Crippen LogP contribution < -0.4 is 67.1 Å². The van der Waals surface area contributed by atoms with Gasteiger partial charge in [-0.25, -0.2) is 0 Å². The second-order valence-electron chi connectivity index (χ2n) is 11.4. The Morgan fingerprint density at radius 1 is 0.930 bits per heavy atom. The Morgan fingerprint density at radius 3 is 2.33 bits per heavy atom. The Kier molecular flexibility index (Phi) is 13.0. The highest BCUT2D eigenvalue weighted by Gasteiger charge is 2.27. The van der Waals surface area contributed by atoms with Crippen molar-refractivity contribution in [3.63, 3.8) is 0 Å². The number of anilines is 2. The average molecular weight is 823 g/mol. The number of methoxy groups -OCH3 is 1. The van der Waals surface area contributed by atoms with E-state index in [4.69, 9.17) is 4.74 Å². The summed E-state index contributed by atoms with van der Waals surface area (Å²) >= 11 is 1.84. The normalized spacial score (nSPS) is 13.4. The molecule has 4 aromatic rings. The van der Waals surface area contributed by atoms with Crippen LogP contribution in [0.5, 0.6) is 5.75 Å². The zero-order valence-corrected chi connectivity index (χ0v) is 31.3. The maximum absolute atomic E-state index is 5.74. The maximum Gasteiger partial charge on any atom is 0.282 e. The minimum absolute atomic E-state index is 0. The monoisotopic (exact) mass is 822 g/mol. The van der Waals surface area contributed by atoms with Gasteiger partial charge in [0.25, 0.3) is 5.82 Å². The molecule has 1 aliphatic heterocycles. The molecule has 3 aromatic carbocycles. The maximum atomic E-state index is 5.74. The van der Waals surface area contributed by atoms with Crippen LogP contribution in [0.25, 0.3) is 22.7 Å². The number of nitrogens with zero attached hydrogens (tertiary/aromatic N) is 4. The summed E-state index contributed by atoms with van der Waals surface area (Å²) in [6.45, 7) is 8.84. The molecule has 1 aliphatic rings. The molecule has 8 heteroatoms. The Labute approximate surface area is 296 Å². The van der Waals surface area contributed by atoms with E-state index in [1.807, 2.05) is 11.8 Å². The third-order valence-corrected chi connectivity index (χ3v) is 9.23. The van der Waals surface area contributed by atoms with Gasteiger partial charge in [-0.15, -0.1) is 0 Å². The van der Waals surface area contributed by atoms with E-state index in [0.717, 1.165) is 47.5 Å². The number of hydrogen-bond acceptors (Lipinski definition) is 4. The molecule has 2 heterocycles. The van der Waals surface area contributed by atoms with Gasteiger partial charge >= 0.3 is 0 Å². The number of fused-ring (bicyclic) bond motifs is 2. The second kappa shape index (κ2) is 15.8. The van der Waals surface area contributed by atoms with E-state index >= 15 is 0 Å². The van der Waals surface area contributed by atoms with Gasteiger partial charge in [-0.2, -0.15) is 4.57 Å². The lowest BCUT2D eigenvalue weighted by Crippen LogP contribution is -3.00. The predicted octanol–water partition coefficient (Wildman–Crippen LogP) is 1.38. The molecular formula is C35H44I2N4OS. The van der Waals surface area contributed by atoms with Crippen LogP contribution in [0.4, 0.5) is 11.5 Å². The van der Waals surface area contributed by atoms with E-state index in [1.54, 1.807) is 7.11 Å². The number of para-hydroxylation sites is 2. The third-order valence-electron chi connectivity index (χ3n) is 8.06. The van der Waals surface area contributed by atoms with E-state index in [2.05, 4.69) is 134 Å². The fraction of sp³-hybridized carbons (Fsp3) is 0.343. The van der Waals surface area contributed by atoms with Crippen LogP contribution in [0.2, 0.25) is 0 Å². The summed E-state index contributed by atoms with van der Waals surface area (Å²) in [4.78, 5) is 6.14. The molecular weight excluding hydrogens is 778 g/mol. The van der Waals surface area contributed by atoms with Crippen LogP contribution in [0.15, 0.2) is 88.8 Å². The summed E-state index contributed by atoms with van der Waals surface area (Å²) in [5.74, 6) is 2.06. The van der Waals surface area contributed by atoms with Gasteiger partial charge in [0.05, 0.1) is 58.1 Å². The molecule has 43 heavy (non-hydrogen) atoms. The first-order valence-corrected chi connectivity index (χ1v) is 15.6. The standard InChI is InChI=1S/C35H44N4OS.2HI/c1-7-22-39(4,5)23-14-21-37(8-2)34-24-27(25-35-36(3)31-17-12-13-18-33(31)41-35)30-20-19-29(40-6)26-32(30)38(34)28-15-10-9-11-16-28;;/h9-13,15-20,24-26H,7-8,14,21-23H2,1-6H3;2*1H/q+2;;/p-2. The first kappa shape index (κ1) is 35.5. The minimum Gasteiger partial charge on any atom is -1.00 e. The van der Waals surface area contributed by atoms with Gasteiger partial charge in [-0.3, -0.25) is 4.90 Å². The first-order chi connectivity index (χ1) is 19.8. The lowest BCUT2D eigenvalue weighted by atomic mass is 10.1. The molecule has 0 saturated heterocycles. The van der Waals surface area contributed by atoms with Crippen molar-refractivity contribution in [2.24, 2.45) is 0 Å². The summed E-state index contributed by atoms with van der Waals surface area (Å²) < 4.78 is 9.21. The van der Waals surface area contributed by atoms with Crippen LogP contribution in [-0.2, 0) is 0 Å². The number of ether oxygens (including phenoxy) is 1.